The summed E-state index contributed by atoms with van der Waals surface area (Å²) in [6, 6.07) is 12.7. The van der Waals surface area contributed by atoms with Crippen LogP contribution in [0.25, 0.3) is 0 Å². The van der Waals surface area contributed by atoms with Crippen molar-refractivity contribution in [3.05, 3.63) is 53.6 Å². The number of urea groups is 1. The summed E-state index contributed by atoms with van der Waals surface area (Å²) in [4.78, 5) is 12.2. The molecule has 1 aliphatic rings. The number of aliphatic hydroxyl groups excluding tert-OH is 1. The smallest absolute Gasteiger partial charge is 0.323 e. The van der Waals surface area contributed by atoms with Crippen molar-refractivity contribution in [2.75, 3.05) is 17.7 Å². The number of aryl methyl sites for hydroxylation is 1. The molecule has 0 fully saturated rings. The predicted octanol–water partition coefficient (Wildman–Crippen LogP) is 3.19. The van der Waals surface area contributed by atoms with E-state index in [9.17, 15) is 9.90 Å². The minimum atomic E-state index is -0.341. The molecule has 0 unspecified atom stereocenters. The normalized spacial score (nSPS) is 16.3. The lowest BCUT2D eigenvalue weighted by atomic mass is 9.88. The number of benzene rings is 2. The van der Waals surface area contributed by atoms with Crippen LogP contribution in [0.15, 0.2) is 42.5 Å². The maximum absolute atomic E-state index is 12.2. The van der Waals surface area contributed by atoms with E-state index in [1.807, 2.05) is 30.3 Å². The second-order valence-corrected chi connectivity index (χ2v) is 5.65. The SMILES string of the molecule is COc1cccc(NC(=O)Nc2cccc3c2C[C@H](O)CC3)c1. The van der Waals surface area contributed by atoms with Gasteiger partial charge in [-0.2, -0.15) is 0 Å². The highest BCUT2D eigenvalue weighted by atomic mass is 16.5. The van der Waals surface area contributed by atoms with Gasteiger partial charge < -0.3 is 20.5 Å². The van der Waals surface area contributed by atoms with Gasteiger partial charge in [-0.15, -0.1) is 0 Å². The fourth-order valence-corrected chi connectivity index (χ4v) is 2.87. The van der Waals surface area contributed by atoms with Gasteiger partial charge >= 0.3 is 6.03 Å². The third kappa shape index (κ3) is 3.63. The number of nitrogens with one attached hydrogen (secondary N) is 2. The second-order valence-electron chi connectivity index (χ2n) is 5.65. The second kappa shape index (κ2) is 6.71. The van der Waals surface area contributed by atoms with Gasteiger partial charge in [-0.25, -0.2) is 4.79 Å². The minimum Gasteiger partial charge on any atom is -0.497 e. The highest BCUT2D eigenvalue weighted by molar-refractivity contribution is 6.00. The van der Waals surface area contributed by atoms with Gasteiger partial charge in [0.05, 0.1) is 13.2 Å². The lowest BCUT2D eigenvalue weighted by Crippen LogP contribution is -2.24. The van der Waals surface area contributed by atoms with Crippen LogP contribution in [-0.2, 0) is 12.8 Å². The number of methoxy groups -OCH3 is 1. The molecule has 1 atom stereocenters. The lowest BCUT2D eigenvalue weighted by Gasteiger charge is -2.23. The van der Waals surface area contributed by atoms with Gasteiger partial charge in [0.1, 0.15) is 5.75 Å². The van der Waals surface area contributed by atoms with E-state index in [0.717, 1.165) is 24.1 Å². The summed E-state index contributed by atoms with van der Waals surface area (Å²) in [6.45, 7) is 0. The molecule has 0 bridgehead atoms. The number of amides is 2. The Kier molecular flexibility index (Phi) is 4.48. The monoisotopic (exact) mass is 312 g/mol. The molecule has 0 heterocycles. The first-order valence-corrected chi connectivity index (χ1v) is 7.66. The van der Waals surface area contributed by atoms with E-state index in [1.165, 1.54) is 5.56 Å². The summed E-state index contributed by atoms with van der Waals surface area (Å²) >= 11 is 0. The summed E-state index contributed by atoms with van der Waals surface area (Å²) in [5, 5.41) is 15.5. The maximum atomic E-state index is 12.2. The van der Waals surface area contributed by atoms with Gasteiger partial charge in [0.15, 0.2) is 0 Å². The van der Waals surface area contributed by atoms with Crippen LogP contribution in [0.2, 0.25) is 0 Å². The molecular weight excluding hydrogens is 292 g/mol. The molecule has 2 aromatic rings. The standard InChI is InChI=1S/C18H20N2O3/c1-23-15-6-3-5-13(10-15)19-18(22)20-17-7-2-4-12-8-9-14(21)11-16(12)17/h2-7,10,14,21H,8-9,11H2,1H3,(H2,19,20,22)/t14-/m1/s1. The first-order chi connectivity index (χ1) is 11.2. The van der Waals surface area contributed by atoms with Crippen LogP contribution in [0.4, 0.5) is 16.2 Å². The molecule has 0 spiro atoms. The van der Waals surface area contributed by atoms with Crippen LogP contribution < -0.4 is 15.4 Å². The minimum absolute atomic E-state index is 0.313. The summed E-state index contributed by atoms with van der Waals surface area (Å²) in [7, 11) is 1.58. The zero-order valence-electron chi connectivity index (χ0n) is 13.0. The van der Waals surface area contributed by atoms with Crippen LogP contribution in [0, 0.1) is 0 Å². The van der Waals surface area contributed by atoms with Gasteiger partial charge in [0.25, 0.3) is 0 Å². The number of hydrogen-bond donors (Lipinski definition) is 3. The Morgan fingerprint density at radius 3 is 2.87 bits per heavy atom. The van der Waals surface area contributed by atoms with Crippen molar-refractivity contribution < 1.29 is 14.6 Å². The summed E-state index contributed by atoms with van der Waals surface area (Å²) in [5.74, 6) is 0.683. The fourth-order valence-electron chi connectivity index (χ4n) is 2.87. The third-order valence-corrected chi connectivity index (χ3v) is 4.04. The first-order valence-electron chi connectivity index (χ1n) is 7.66. The van der Waals surface area contributed by atoms with Gasteiger partial charge in [-0.1, -0.05) is 18.2 Å². The van der Waals surface area contributed by atoms with Gasteiger partial charge in [0, 0.05) is 23.9 Å². The quantitative estimate of drug-likeness (QED) is 0.815. The maximum Gasteiger partial charge on any atom is 0.323 e. The molecule has 3 rings (SSSR count). The number of ether oxygens (including phenoxy) is 1. The van der Waals surface area contributed by atoms with Crippen LogP contribution in [0.1, 0.15) is 17.5 Å². The van der Waals surface area contributed by atoms with Crippen molar-refractivity contribution in [1.29, 1.82) is 0 Å². The zero-order valence-corrected chi connectivity index (χ0v) is 13.0. The van der Waals surface area contributed by atoms with E-state index in [-0.39, 0.29) is 12.1 Å². The van der Waals surface area contributed by atoms with E-state index in [0.29, 0.717) is 17.9 Å². The van der Waals surface area contributed by atoms with E-state index < -0.39 is 0 Å². The van der Waals surface area contributed by atoms with Crippen molar-refractivity contribution in [2.24, 2.45) is 0 Å². The average Bonchev–Trinajstić information content (AvgIpc) is 2.55. The number of hydrogen-bond acceptors (Lipinski definition) is 3. The Morgan fingerprint density at radius 2 is 2.04 bits per heavy atom. The van der Waals surface area contributed by atoms with Gasteiger partial charge in [-0.05, 0) is 42.2 Å². The summed E-state index contributed by atoms with van der Waals surface area (Å²) in [6.07, 6.45) is 1.84. The highest BCUT2D eigenvalue weighted by Crippen LogP contribution is 2.28. The van der Waals surface area contributed by atoms with Crippen LogP contribution in [-0.4, -0.2) is 24.4 Å². The molecule has 5 nitrogen and oxygen atoms in total. The molecule has 2 amide bonds. The molecule has 5 heteroatoms. The summed E-state index contributed by atoms with van der Waals surface area (Å²) in [5.41, 5.74) is 3.62. The van der Waals surface area contributed by atoms with Crippen molar-refractivity contribution in [2.45, 2.75) is 25.4 Å². The number of carbonyl (C=O) groups excluding carboxylic acids is 1. The largest absolute Gasteiger partial charge is 0.497 e. The Balaban J connectivity index is 1.73. The Hall–Kier alpha value is -2.53. The highest BCUT2D eigenvalue weighted by Gasteiger charge is 2.19. The molecule has 23 heavy (non-hydrogen) atoms. The number of carbonyl (C=O) groups is 1. The molecular formula is C18H20N2O3. The predicted molar refractivity (Wildman–Crippen MR) is 90.1 cm³/mol. The molecule has 0 aromatic heterocycles. The molecule has 0 aliphatic heterocycles. The molecule has 0 saturated heterocycles. The molecule has 2 aromatic carbocycles. The van der Waals surface area contributed by atoms with Crippen molar-refractivity contribution in [3.8, 4) is 5.75 Å². The first kappa shape index (κ1) is 15.4. The van der Waals surface area contributed by atoms with E-state index in [1.54, 1.807) is 19.2 Å². The van der Waals surface area contributed by atoms with Crippen molar-refractivity contribution >= 4 is 17.4 Å². The topological polar surface area (TPSA) is 70.6 Å². The Labute approximate surface area is 135 Å². The molecule has 1 aliphatic carbocycles. The van der Waals surface area contributed by atoms with Crippen molar-refractivity contribution in [3.63, 3.8) is 0 Å². The van der Waals surface area contributed by atoms with Gasteiger partial charge in [-0.3, -0.25) is 0 Å². The molecule has 3 N–H and O–H groups in total. The van der Waals surface area contributed by atoms with Gasteiger partial charge in [0.2, 0.25) is 0 Å². The van der Waals surface area contributed by atoms with Crippen LogP contribution >= 0.6 is 0 Å². The van der Waals surface area contributed by atoms with Crippen molar-refractivity contribution in [1.82, 2.24) is 0 Å². The number of aliphatic hydroxyl groups is 1. The average molecular weight is 312 g/mol. The Morgan fingerprint density at radius 1 is 1.22 bits per heavy atom. The Bertz CT molecular complexity index is 715. The third-order valence-electron chi connectivity index (χ3n) is 4.04. The van der Waals surface area contributed by atoms with E-state index in [4.69, 9.17) is 4.74 Å². The number of rotatable bonds is 3. The zero-order chi connectivity index (χ0) is 16.2. The number of anilines is 2. The van der Waals surface area contributed by atoms with Crippen LogP contribution in [0.3, 0.4) is 0 Å². The fraction of sp³-hybridized carbons (Fsp3) is 0.278. The lowest BCUT2D eigenvalue weighted by molar-refractivity contribution is 0.159. The molecule has 0 radical (unpaired) electrons. The number of fused-ring (bicyclic) bond motifs is 1. The van der Waals surface area contributed by atoms with E-state index >= 15 is 0 Å². The molecule has 0 saturated carbocycles. The molecule has 120 valence electrons. The van der Waals surface area contributed by atoms with Crippen LogP contribution in [0.5, 0.6) is 5.75 Å². The summed E-state index contributed by atoms with van der Waals surface area (Å²) < 4.78 is 5.14. The van der Waals surface area contributed by atoms with E-state index in [2.05, 4.69) is 10.6 Å².